The standard InChI is InChI=1S/C20H22FNO4S/c1-20(2,3)27(25)22-19(24)14-7-5-13(21)11-16(14)12-4-6-15-17(23)8-9-26-18(15)10-12/h4-7,10-11,17,23H,8-9H2,1-3H3,(H,22,24)/t17-,27?/m0/s1. The Morgan fingerprint density at radius 1 is 1.30 bits per heavy atom. The van der Waals surface area contributed by atoms with Gasteiger partial charge in [-0.3, -0.25) is 4.79 Å². The molecule has 5 nitrogen and oxygen atoms in total. The predicted octanol–water partition coefficient (Wildman–Crippen LogP) is 3.50. The first-order valence-electron chi connectivity index (χ1n) is 8.64. The Morgan fingerprint density at radius 2 is 2.04 bits per heavy atom. The third-order valence-corrected chi connectivity index (χ3v) is 5.78. The van der Waals surface area contributed by atoms with E-state index in [1.165, 1.54) is 18.2 Å². The highest BCUT2D eigenvalue weighted by Crippen LogP contribution is 2.36. The fourth-order valence-corrected chi connectivity index (χ4v) is 3.37. The van der Waals surface area contributed by atoms with Gasteiger partial charge in [0.25, 0.3) is 5.91 Å². The number of benzene rings is 2. The van der Waals surface area contributed by atoms with E-state index in [9.17, 15) is 18.8 Å². The monoisotopic (exact) mass is 391 g/mol. The molecule has 0 saturated carbocycles. The summed E-state index contributed by atoms with van der Waals surface area (Å²) in [5, 5.41) is 10.0. The first-order valence-corrected chi connectivity index (χ1v) is 9.79. The van der Waals surface area contributed by atoms with Crippen molar-refractivity contribution in [2.45, 2.75) is 38.0 Å². The van der Waals surface area contributed by atoms with Gasteiger partial charge in [0.2, 0.25) is 0 Å². The lowest BCUT2D eigenvalue weighted by atomic mass is 9.95. The minimum absolute atomic E-state index is 0.213. The molecule has 1 unspecified atom stereocenters. The van der Waals surface area contributed by atoms with Crippen LogP contribution in [-0.2, 0) is 11.4 Å². The molecule has 3 rings (SSSR count). The zero-order valence-electron chi connectivity index (χ0n) is 15.4. The van der Waals surface area contributed by atoms with E-state index in [4.69, 9.17) is 4.74 Å². The Morgan fingerprint density at radius 3 is 2.74 bits per heavy atom. The van der Waals surface area contributed by atoms with E-state index >= 15 is 0 Å². The summed E-state index contributed by atoms with van der Waals surface area (Å²) in [6.45, 7) is 5.64. The lowest BCUT2D eigenvalue weighted by Gasteiger charge is -2.24. The number of ether oxygens (including phenoxy) is 1. The molecule has 2 aromatic carbocycles. The molecule has 2 aromatic rings. The number of carbonyl (C=O) groups is 1. The van der Waals surface area contributed by atoms with Crippen LogP contribution in [0, 0.1) is 5.82 Å². The van der Waals surface area contributed by atoms with Crippen LogP contribution in [0.15, 0.2) is 36.4 Å². The van der Waals surface area contributed by atoms with Crippen molar-refractivity contribution >= 4 is 17.3 Å². The number of fused-ring (bicyclic) bond motifs is 1. The van der Waals surface area contributed by atoms with Crippen LogP contribution in [0.5, 0.6) is 5.75 Å². The minimum Gasteiger partial charge on any atom is -0.593 e. The molecule has 7 heteroatoms. The van der Waals surface area contributed by atoms with E-state index in [0.29, 0.717) is 35.5 Å². The Kier molecular flexibility index (Phi) is 5.46. The molecule has 0 spiro atoms. The number of nitrogens with one attached hydrogen (secondary N) is 1. The largest absolute Gasteiger partial charge is 0.593 e. The summed E-state index contributed by atoms with van der Waals surface area (Å²) in [5.41, 5.74) is 1.82. The molecule has 1 aliphatic rings. The van der Waals surface area contributed by atoms with E-state index < -0.39 is 33.9 Å². The second kappa shape index (κ2) is 7.50. The minimum atomic E-state index is -1.60. The molecule has 2 atom stereocenters. The fourth-order valence-electron chi connectivity index (χ4n) is 2.78. The zero-order chi connectivity index (χ0) is 19.8. The van der Waals surface area contributed by atoms with E-state index in [-0.39, 0.29) is 5.56 Å². The fraction of sp³-hybridized carbons (Fsp3) is 0.350. The highest BCUT2D eigenvalue weighted by atomic mass is 32.2. The van der Waals surface area contributed by atoms with Gasteiger partial charge >= 0.3 is 0 Å². The van der Waals surface area contributed by atoms with Crippen molar-refractivity contribution in [3.8, 4) is 16.9 Å². The third kappa shape index (κ3) is 4.26. The summed E-state index contributed by atoms with van der Waals surface area (Å²) in [6, 6.07) is 8.93. The summed E-state index contributed by atoms with van der Waals surface area (Å²) in [5.74, 6) is -0.519. The van der Waals surface area contributed by atoms with Gasteiger partial charge in [-0.1, -0.05) is 12.1 Å². The quantitative estimate of drug-likeness (QED) is 0.785. The molecular weight excluding hydrogens is 369 g/mol. The highest BCUT2D eigenvalue weighted by molar-refractivity contribution is 7.91. The molecule has 0 aromatic heterocycles. The summed E-state index contributed by atoms with van der Waals surface area (Å²) < 4.78 is 33.6. The molecule has 144 valence electrons. The third-order valence-electron chi connectivity index (χ3n) is 4.30. The van der Waals surface area contributed by atoms with Gasteiger partial charge in [-0.05, 0) is 56.2 Å². The summed E-state index contributed by atoms with van der Waals surface area (Å²) >= 11 is -1.60. The van der Waals surface area contributed by atoms with Crippen molar-refractivity contribution in [1.29, 1.82) is 0 Å². The smallest absolute Gasteiger partial charge is 0.292 e. The van der Waals surface area contributed by atoms with E-state index in [1.54, 1.807) is 39.0 Å². The van der Waals surface area contributed by atoms with Crippen LogP contribution in [0.1, 0.15) is 49.2 Å². The molecule has 0 fully saturated rings. The molecule has 1 amide bonds. The molecule has 27 heavy (non-hydrogen) atoms. The Bertz CT molecular complexity index is 866. The number of rotatable bonds is 3. The van der Waals surface area contributed by atoms with Crippen molar-refractivity contribution in [3.05, 3.63) is 53.3 Å². The molecule has 0 saturated heterocycles. The molecule has 1 heterocycles. The number of carbonyl (C=O) groups excluding carboxylic acids is 1. The number of aliphatic hydroxyl groups is 1. The van der Waals surface area contributed by atoms with E-state index in [0.717, 1.165) is 0 Å². The van der Waals surface area contributed by atoms with Crippen LogP contribution < -0.4 is 9.46 Å². The lowest BCUT2D eigenvalue weighted by molar-refractivity contribution is 0.0980. The van der Waals surface area contributed by atoms with Gasteiger partial charge in [-0.25, -0.2) is 4.39 Å². The van der Waals surface area contributed by atoms with Crippen LogP contribution in [0.3, 0.4) is 0 Å². The molecule has 0 bridgehead atoms. The van der Waals surface area contributed by atoms with Crippen molar-refractivity contribution in [2.24, 2.45) is 0 Å². The summed E-state index contributed by atoms with van der Waals surface area (Å²) in [4.78, 5) is 12.7. The number of halogens is 1. The van der Waals surface area contributed by atoms with Gasteiger partial charge in [0.15, 0.2) is 0 Å². The SMILES string of the molecule is CC(C)(C)[S+]([O-])NC(=O)c1ccc(F)cc1-c1ccc2c(c1)OCC[C@@H]2O. The van der Waals surface area contributed by atoms with Crippen molar-refractivity contribution in [1.82, 2.24) is 4.72 Å². The van der Waals surface area contributed by atoms with Crippen LogP contribution in [0.4, 0.5) is 4.39 Å². The van der Waals surface area contributed by atoms with Gasteiger partial charge in [-0.15, -0.1) is 0 Å². The average Bonchev–Trinajstić information content (AvgIpc) is 2.60. The zero-order valence-corrected chi connectivity index (χ0v) is 16.2. The van der Waals surface area contributed by atoms with Crippen molar-refractivity contribution < 1.29 is 23.6 Å². The summed E-state index contributed by atoms with van der Waals surface area (Å²) in [6.07, 6.45) is -0.0919. The average molecular weight is 391 g/mol. The van der Waals surface area contributed by atoms with E-state index in [1.807, 2.05) is 0 Å². The number of amides is 1. The van der Waals surface area contributed by atoms with Crippen LogP contribution in [-0.4, -0.2) is 26.9 Å². The topological polar surface area (TPSA) is 81.6 Å². The normalized spacial score (nSPS) is 17.6. The van der Waals surface area contributed by atoms with E-state index in [2.05, 4.69) is 4.72 Å². The number of hydrogen-bond donors (Lipinski definition) is 2. The Balaban J connectivity index is 1.99. The Labute approximate surface area is 160 Å². The maximum Gasteiger partial charge on any atom is 0.292 e. The summed E-state index contributed by atoms with van der Waals surface area (Å²) in [7, 11) is 0. The van der Waals surface area contributed by atoms with Gasteiger partial charge in [0.1, 0.15) is 16.3 Å². The van der Waals surface area contributed by atoms with Gasteiger partial charge in [0, 0.05) is 12.0 Å². The Hall–Kier alpha value is -2.09. The highest BCUT2D eigenvalue weighted by Gasteiger charge is 2.30. The second-order valence-electron chi connectivity index (χ2n) is 7.41. The van der Waals surface area contributed by atoms with Gasteiger partial charge < -0.3 is 14.4 Å². The lowest BCUT2D eigenvalue weighted by Crippen LogP contribution is -2.42. The van der Waals surface area contributed by atoms with Crippen molar-refractivity contribution in [2.75, 3.05) is 6.61 Å². The van der Waals surface area contributed by atoms with Crippen LogP contribution >= 0.6 is 0 Å². The predicted molar refractivity (Wildman–Crippen MR) is 102 cm³/mol. The number of aliphatic hydroxyl groups excluding tert-OH is 1. The number of hydrogen-bond acceptors (Lipinski definition) is 4. The maximum atomic E-state index is 13.9. The molecule has 1 aliphatic heterocycles. The maximum absolute atomic E-state index is 13.9. The molecular formula is C20H22FNO4S. The molecule has 2 N–H and O–H groups in total. The van der Waals surface area contributed by atoms with Crippen molar-refractivity contribution in [3.63, 3.8) is 0 Å². The van der Waals surface area contributed by atoms with Gasteiger partial charge in [0.05, 0.1) is 29.6 Å². The first-order chi connectivity index (χ1) is 12.7. The second-order valence-corrected chi connectivity index (χ2v) is 9.37. The van der Waals surface area contributed by atoms with Gasteiger partial charge in [-0.2, -0.15) is 4.72 Å². The molecule has 0 aliphatic carbocycles. The van der Waals surface area contributed by atoms with Crippen LogP contribution in [0.2, 0.25) is 0 Å². The van der Waals surface area contributed by atoms with Crippen LogP contribution in [0.25, 0.3) is 11.1 Å². The first kappa shape index (κ1) is 19.7. The molecule has 0 radical (unpaired) electrons.